The van der Waals surface area contributed by atoms with Gasteiger partial charge in [-0.15, -0.1) is 11.3 Å². The fourth-order valence-corrected chi connectivity index (χ4v) is 5.84. The Labute approximate surface area is 196 Å². The molecule has 2 aromatic heterocycles. The molecule has 2 aliphatic rings. The first-order chi connectivity index (χ1) is 16.4. The molecule has 0 spiro atoms. The molecule has 1 unspecified atom stereocenters. The predicted molar refractivity (Wildman–Crippen MR) is 123 cm³/mol. The number of fused-ring (bicyclic) bond motifs is 2. The highest BCUT2D eigenvalue weighted by atomic mass is 32.1. The highest BCUT2D eigenvalue weighted by Crippen LogP contribution is 2.47. The molecule has 1 fully saturated rings. The third-order valence-electron chi connectivity index (χ3n) is 6.24. The number of benzene rings is 1. The van der Waals surface area contributed by atoms with Gasteiger partial charge in [0.15, 0.2) is 5.75 Å². The third kappa shape index (κ3) is 3.80. The van der Waals surface area contributed by atoms with Crippen LogP contribution in [0.5, 0.6) is 5.75 Å². The first kappa shape index (κ1) is 22.4. The van der Waals surface area contributed by atoms with Gasteiger partial charge in [-0.05, 0) is 61.4 Å². The fraction of sp³-hybridized carbons (Fsp3) is 0.391. The van der Waals surface area contributed by atoms with Gasteiger partial charge in [0.05, 0.1) is 24.1 Å². The van der Waals surface area contributed by atoms with Crippen molar-refractivity contribution in [2.24, 2.45) is 5.11 Å². The molecule has 2 aliphatic carbocycles. The average Bonchev–Trinajstić information content (AvgIpc) is 3.57. The molecule has 5 rings (SSSR count). The number of azide groups is 1. The molecule has 1 aromatic carbocycles. The van der Waals surface area contributed by atoms with E-state index in [9.17, 15) is 18.4 Å². The number of esters is 1. The molecule has 3 aromatic rings. The summed E-state index contributed by atoms with van der Waals surface area (Å²) in [4.78, 5) is 30.0. The number of aromatic nitrogens is 1. The van der Waals surface area contributed by atoms with E-state index in [-0.39, 0.29) is 34.3 Å². The normalized spacial score (nSPS) is 17.4. The number of hydrogen-bond acceptors (Lipinski definition) is 6. The quantitative estimate of drug-likeness (QED) is 0.180. The first-order valence-electron chi connectivity index (χ1n) is 10.8. The lowest BCUT2D eigenvalue weighted by Gasteiger charge is -2.18. The van der Waals surface area contributed by atoms with Crippen molar-refractivity contribution in [3.63, 3.8) is 0 Å². The van der Waals surface area contributed by atoms with E-state index in [1.54, 1.807) is 16.7 Å². The van der Waals surface area contributed by atoms with Crippen molar-refractivity contribution in [3.05, 3.63) is 61.1 Å². The predicted octanol–water partition coefficient (Wildman–Crippen LogP) is 6.14. The van der Waals surface area contributed by atoms with Gasteiger partial charge >= 0.3 is 12.6 Å². The second-order valence-electron chi connectivity index (χ2n) is 8.32. The zero-order valence-electron chi connectivity index (χ0n) is 18.2. The molecule has 2 heterocycles. The van der Waals surface area contributed by atoms with E-state index in [0.29, 0.717) is 10.4 Å². The highest BCUT2D eigenvalue weighted by molar-refractivity contribution is 7.15. The lowest BCUT2D eigenvalue weighted by molar-refractivity contribution is -0.0486. The SMILES string of the molecule is COC(=O)c1cn(C2CC2)c2c(OC(F)F)c(-c3cc4c(s3)CCCC4N=[N+]=[N-])ccc2c1=O. The van der Waals surface area contributed by atoms with Crippen LogP contribution in [0.25, 0.3) is 31.8 Å². The molecule has 11 heteroatoms. The van der Waals surface area contributed by atoms with E-state index in [4.69, 9.17) is 15.0 Å². The summed E-state index contributed by atoms with van der Waals surface area (Å²) >= 11 is 1.44. The zero-order valence-corrected chi connectivity index (χ0v) is 19.0. The molecule has 1 saturated carbocycles. The molecule has 1 atom stereocenters. The van der Waals surface area contributed by atoms with Crippen molar-refractivity contribution in [3.8, 4) is 16.2 Å². The monoisotopic (exact) mass is 486 g/mol. The number of methoxy groups -OCH3 is 1. The van der Waals surface area contributed by atoms with E-state index >= 15 is 0 Å². The maximum absolute atomic E-state index is 13.6. The van der Waals surface area contributed by atoms with Crippen LogP contribution in [0.2, 0.25) is 0 Å². The molecule has 176 valence electrons. The number of pyridine rings is 1. The summed E-state index contributed by atoms with van der Waals surface area (Å²) in [6.07, 6.45) is 5.37. The number of halogens is 2. The largest absolute Gasteiger partial charge is 0.465 e. The molecule has 34 heavy (non-hydrogen) atoms. The van der Waals surface area contributed by atoms with Gasteiger partial charge in [0, 0.05) is 32.5 Å². The van der Waals surface area contributed by atoms with Crippen molar-refractivity contribution in [2.75, 3.05) is 7.11 Å². The lowest BCUT2D eigenvalue weighted by atomic mass is 9.94. The fourth-order valence-electron chi connectivity index (χ4n) is 4.56. The van der Waals surface area contributed by atoms with Gasteiger partial charge in [-0.3, -0.25) is 4.79 Å². The minimum absolute atomic E-state index is 0.0346. The summed E-state index contributed by atoms with van der Waals surface area (Å²) < 4.78 is 38.7. The first-order valence-corrected chi connectivity index (χ1v) is 11.7. The minimum atomic E-state index is -3.11. The van der Waals surface area contributed by atoms with Crippen LogP contribution < -0.4 is 10.2 Å². The summed E-state index contributed by atoms with van der Waals surface area (Å²) in [5.41, 5.74) is 9.72. The van der Waals surface area contributed by atoms with E-state index in [2.05, 4.69) is 10.0 Å². The molecule has 0 bridgehead atoms. The van der Waals surface area contributed by atoms with E-state index in [1.165, 1.54) is 24.6 Å². The number of carbonyl (C=O) groups is 1. The summed E-state index contributed by atoms with van der Waals surface area (Å²) in [6.45, 7) is -3.11. The van der Waals surface area contributed by atoms with Crippen molar-refractivity contribution in [2.45, 2.75) is 50.8 Å². The van der Waals surface area contributed by atoms with Crippen LogP contribution in [-0.2, 0) is 11.2 Å². The average molecular weight is 487 g/mol. The highest BCUT2D eigenvalue weighted by Gasteiger charge is 2.31. The topological polar surface area (TPSA) is 106 Å². The molecule has 0 saturated heterocycles. The van der Waals surface area contributed by atoms with Crippen LogP contribution in [0, 0.1) is 0 Å². The maximum Gasteiger partial charge on any atom is 0.387 e. The zero-order chi connectivity index (χ0) is 24.0. The Morgan fingerprint density at radius 3 is 2.79 bits per heavy atom. The van der Waals surface area contributed by atoms with Crippen LogP contribution in [0.1, 0.15) is 58.6 Å². The van der Waals surface area contributed by atoms with Gasteiger partial charge < -0.3 is 14.0 Å². The second kappa shape index (κ2) is 8.73. The Kier molecular flexibility index (Phi) is 5.75. The van der Waals surface area contributed by atoms with Crippen molar-refractivity contribution in [1.82, 2.24) is 4.57 Å². The van der Waals surface area contributed by atoms with Gasteiger partial charge in [0.25, 0.3) is 0 Å². The van der Waals surface area contributed by atoms with E-state index in [1.807, 2.05) is 6.07 Å². The number of aryl methyl sites for hydroxylation is 1. The van der Waals surface area contributed by atoms with Gasteiger partial charge in [0.1, 0.15) is 5.56 Å². The standard InChI is InChI=1S/C23H20F2N4O4S/c1-32-22(31)15-10-29(11-5-6-11)19-13(20(15)30)8-7-12(21(19)33-23(24)25)18-9-14-16(27-28-26)3-2-4-17(14)34-18/h7-11,16,23H,2-6H2,1H3. The number of ether oxygens (including phenoxy) is 2. The van der Waals surface area contributed by atoms with Crippen LogP contribution in [0.15, 0.2) is 34.3 Å². The van der Waals surface area contributed by atoms with Crippen LogP contribution in [0.3, 0.4) is 0 Å². The van der Waals surface area contributed by atoms with Crippen molar-refractivity contribution >= 4 is 28.2 Å². The smallest absolute Gasteiger partial charge is 0.387 e. The van der Waals surface area contributed by atoms with Crippen molar-refractivity contribution < 1.29 is 23.0 Å². The summed E-state index contributed by atoms with van der Waals surface area (Å²) in [5, 5.41) is 4.00. The maximum atomic E-state index is 13.6. The van der Waals surface area contributed by atoms with Gasteiger partial charge in [-0.1, -0.05) is 5.11 Å². The molecule has 8 nitrogen and oxygen atoms in total. The van der Waals surface area contributed by atoms with Crippen LogP contribution >= 0.6 is 11.3 Å². The molecular formula is C23H20F2N4O4S. The molecule has 0 N–H and O–H groups in total. The Hall–Kier alpha value is -3.43. The van der Waals surface area contributed by atoms with E-state index in [0.717, 1.165) is 42.5 Å². The summed E-state index contributed by atoms with van der Waals surface area (Å²) in [6, 6.07) is 4.64. The van der Waals surface area contributed by atoms with E-state index < -0.39 is 18.0 Å². The Morgan fingerprint density at radius 2 is 2.12 bits per heavy atom. The Bertz CT molecular complexity index is 1410. The minimum Gasteiger partial charge on any atom is -0.465 e. The number of nitrogens with zero attached hydrogens (tertiary/aromatic N) is 4. The van der Waals surface area contributed by atoms with Crippen molar-refractivity contribution in [1.29, 1.82) is 0 Å². The molecular weight excluding hydrogens is 466 g/mol. The van der Waals surface area contributed by atoms with Gasteiger partial charge in [-0.25, -0.2) is 4.79 Å². The molecule has 0 radical (unpaired) electrons. The van der Waals surface area contributed by atoms with Gasteiger partial charge in [0.2, 0.25) is 5.43 Å². The van der Waals surface area contributed by atoms with Crippen LogP contribution in [0.4, 0.5) is 8.78 Å². The third-order valence-corrected chi connectivity index (χ3v) is 7.48. The van der Waals surface area contributed by atoms with Gasteiger partial charge in [-0.2, -0.15) is 8.78 Å². The van der Waals surface area contributed by atoms with Crippen LogP contribution in [-0.4, -0.2) is 24.3 Å². The Morgan fingerprint density at radius 1 is 1.32 bits per heavy atom. The molecule has 0 aliphatic heterocycles. The molecule has 0 amide bonds. The number of rotatable bonds is 6. The number of carbonyl (C=O) groups excluding carboxylic acids is 1. The summed E-state index contributed by atoms with van der Waals surface area (Å²) in [7, 11) is 1.18. The number of alkyl halides is 2. The second-order valence-corrected chi connectivity index (χ2v) is 9.46. The number of thiophene rings is 1. The Balaban J connectivity index is 1.77. The number of hydrogen-bond donors (Lipinski definition) is 0. The lowest BCUT2D eigenvalue weighted by Crippen LogP contribution is -2.20. The summed E-state index contributed by atoms with van der Waals surface area (Å²) in [5.74, 6) is -0.886.